The molecule has 3 heterocycles. The van der Waals surface area contributed by atoms with Crippen molar-refractivity contribution in [1.29, 1.82) is 0 Å². The zero-order chi connectivity index (χ0) is 18.6. The van der Waals surface area contributed by atoms with E-state index in [0.29, 0.717) is 37.8 Å². The largest absolute Gasteiger partial charge is 0.346 e. The van der Waals surface area contributed by atoms with Gasteiger partial charge in [0.15, 0.2) is 0 Å². The molecule has 1 saturated heterocycles. The number of nitrogens with one attached hydrogen (secondary N) is 1. The van der Waals surface area contributed by atoms with Crippen molar-refractivity contribution in [2.24, 2.45) is 0 Å². The highest BCUT2D eigenvalue weighted by Crippen LogP contribution is 2.17. The molecule has 1 aliphatic rings. The van der Waals surface area contributed by atoms with Crippen LogP contribution in [0, 0.1) is 0 Å². The molecule has 2 aromatic heterocycles. The summed E-state index contributed by atoms with van der Waals surface area (Å²) in [6.45, 7) is 2.33. The van der Waals surface area contributed by atoms with Crippen molar-refractivity contribution in [2.45, 2.75) is 0 Å². The normalized spacial score (nSPS) is 14.2. The number of carbonyl (C=O) groups excluding carboxylic acids is 1. The first-order chi connectivity index (χ1) is 13.2. The number of anilines is 1. The molecule has 0 bridgehead atoms. The van der Waals surface area contributed by atoms with Gasteiger partial charge < -0.3 is 14.8 Å². The number of benzene rings is 1. The van der Waals surface area contributed by atoms with Crippen molar-refractivity contribution < 1.29 is 4.79 Å². The van der Waals surface area contributed by atoms with E-state index in [4.69, 9.17) is 0 Å². The van der Waals surface area contributed by atoms with E-state index in [0.717, 1.165) is 5.56 Å². The number of H-pyrrole nitrogens is 1. The fourth-order valence-electron chi connectivity index (χ4n) is 3.06. The SMILES string of the molecule is O=C(c1cc(-c2ccccc2)nc(=O)[nH]1)N1CCN(c2ncccn2)CC1. The lowest BCUT2D eigenvalue weighted by Crippen LogP contribution is -2.49. The van der Waals surface area contributed by atoms with Crippen LogP contribution in [-0.4, -0.2) is 56.9 Å². The van der Waals surface area contributed by atoms with E-state index >= 15 is 0 Å². The lowest BCUT2D eigenvalue weighted by Gasteiger charge is -2.34. The van der Waals surface area contributed by atoms with Gasteiger partial charge in [-0.3, -0.25) is 4.79 Å². The number of aromatic amines is 1. The minimum atomic E-state index is -0.531. The van der Waals surface area contributed by atoms with E-state index in [1.807, 2.05) is 35.2 Å². The quantitative estimate of drug-likeness (QED) is 0.752. The van der Waals surface area contributed by atoms with Gasteiger partial charge in [-0.15, -0.1) is 0 Å². The standard InChI is InChI=1S/C19H18N6O2/c26-17(24-9-11-25(12-10-24)18-20-7-4-8-21-18)16-13-15(22-19(27)23-16)14-5-2-1-3-6-14/h1-8,13H,9-12H2,(H,22,23,27). The van der Waals surface area contributed by atoms with E-state index in [1.165, 1.54) is 0 Å². The second-order valence-electron chi connectivity index (χ2n) is 6.18. The van der Waals surface area contributed by atoms with Crippen LogP contribution in [-0.2, 0) is 0 Å². The van der Waals surface area contributed by atoms with Crippen molar-refractivity contribution >= 4 is 11.9 Å². The molecule has 0 aliphatic carbocycles. The Labute approximate surface area is 155 Å². The Kier molecular flexibility index (Phi) is 4.61. The summed E-state index contributed by atoms with van der Waals surface area (Å²) in [6, 6.07) is 12.7. The molecular formula is C19H18N6O2. The van der Waals surface area contributed by atoms with E-state index in [-0.39, 0.29) is 11.6 Å². The first-order valence-electron chi connectivity index (χ1n) is 8.69. The summed E-state index contributed by atoms with van der Waals surface area (Å²) >= 11 is 0. The molecule has 8 heteroatoms. The molecule has 1 amide bonds. The van der Waals surface area contributed by atoms with Crippen LogP contribution in [0.2, 0.25) is 0 Å². The number of amides is 1. The second kappa shape index (κ2) is 7.36. The topological polar surface area (TPSA) is 95.1 Å². The molecular weight excluding hydrogens is 344 g/mol. The molecule has 3 aromatic rings. The molecule has 1 N–H and O–H groups in total. The first-order valence-corrected chi connectivity index (χ1v) is 8.69. The molecule has 8 nitrogen and oxygen atoms in total. The number of nitrogens with zero attached hydrogens (tertiary/aromatic N) is 5. The van der Waals surface area contributed by atoms with Crippen LogP contribution in [0.15, 0.2) is 59.7 Å². The number of rotatable bonds is 3. The molecule has 136 valence electrons. The van der Waals surface area contributed by atoms with E-state index < -0.39 is 5.69 Å². The number of piperazine rings is 1. The van der Waals surface area contributed by atoms with Gasteiger partial charge in [0.05, 0.1) is 5.69 Å². The third-order valence-electron chi connectivity index (χ3n) is 4.45. The Hall–Kier alpha value is -3.55. The maximum Gasteiger partial charge on any atom is 0.346 e. The second-order valence-corrected chi connectivity index (χ2v) is 6.18. The summed E-state index contributed by atoms with van der Waals surface area (Å²) in [5.74, 6) is 0.452. The zero-order valence-corrected chi connectivity index (χ0v) is 14.6. The van der Waals surface area contributed by atoms with Crippen LogP contribution in [0.25, 0.3) is 11.3 Å². The summed E-state index contributed by atoms with van der Waals surface area (Å²) in [4.78, 5) is 43.6. The highest BCUT2D eigenvalue weighted by molar-refractivity contribution is 5.93. The highest BCUT2D eigenvalue weighted by Gasteiger charge is 2.24. The molecule has 0 atom stereocenters. The smallest absolute Gasteiger partial charge is 0.337 e. The van der Waals surface area contributed by atoms with Crippen LogP contribution in [0.3, 0.4) is 0 Å². The summed E-state index contributed by atoms with van der Waals surface area (Å²) < 4.78 is 0. The van der Waals surface area contributed by atoms with Crippen molar-refractivity contribution in [2.75, 3.05) is 31.1 Å². The highest BCUT2D eigenvalue weighted by atomic mass is 16.2. The predicted molar refractivity (Wildman–Crippen MR) is 100 cm³/mol. The average Bonchev–Trinajstić information content (AvgIpc) is 2.74. The Balaban J connectivity index is 1.51. The number of hydrogen-bond donors (Lipinski definition) is 1. The Morgan fingerprint density at radius 2 is 1.67 bits per heavy atom. The number of aromatic nitrogens is 4. The maximum atomic E-state index is 12.9. The predicted octanol–water partition coefficient (Wildman–Crippen LogP) is 1.19. The Morgan fingerprint density at radius 3 is 2.37 bits per heavy atom. The van der Waals surface area contributed by atoms with Crippen molar-refractivity contribution in [3.63, 3.8) is 0 Å². The van der Waals surface area contributed by atoms with Crippen LogP contribution in [0.4, 0.5) is 5.95 Å². The zero-order valence-electron chi connectivity index (χ0n) is 14.6. The average molecular weight is 362 g/mol. The third-order valence-corrected chi connectivity index (χ3v) is 4.45. The fourth-order valence-corrected chi connectivity index (χ4v) is 3.06. The van der Waals surface area contributed by atoms with Gasteiger partial charge in [-0.05, 0) is 12.1 Å². The molecule has 0 unspecified atom stereocenters. The number of hydrogen-bond acceptors (Lipinski definition) is 6. The molecule has 0 spiro atoms. The number of carbonyl (C=O) groups is 1. The van der Waals surface area contributed by atoms with E-state index in [9.17, 15) is 9.59 Å². The van der Waals surface area contributed by atoms with Gasteiger partial charge >= 0.3 is 5.69 Å². The Morgan fingerprint density at radius 1 is 0.963 bits per heavy atom. The van der Waals surface area contributed by atoms with Gasteiger partial charge in [-0.1, -0.05) is 30.3 Å². The monoisotopic (exact) mass is 362 g/mol. The molecule has 0 saturated carbocycles. The van der Waals surface area contributed by atoms with Crippen molar-refractivity contribution in [1.82, 2.24) is 24.8 Å². The van der Waals surface area contributed by atoms with Gasteiger partial charge in [0.25, 0.3) is 5.91 Å². The molecule has 4 rings (SSSR count). The summed E-state index contributed by atoms with van der Waals surface area (Å²) in [5.41, 5.74) is 0.997. The van der Waals surface area contributed by atoms with Gasteiger partial charge in [-0.25, -0.2) is 14.8 Å². The molecule has 1 aliphatic heterocycles. The molecule has 1 aromatic carbocycles. The van der Waals surface area contributed by atoms with Crippen LogP contribution < -0.4 is 10.6 Å². The third kappa shape index (κ3) is 3.69. The lowest BCUT2D eigenvalue weighted by molar-refractivity contribution is 0.0740. The summed E-state index contributed by atoms with van der Waals surface area (Å²) in [6.07, 6.45) is 3.40. The van der Waals surface area contributed by atoms with Crippen molar-refractivity contribution in [3.8, 4) is 11.3 Å². The minimum Gasteiger partial charge on any atom is -0.337 e. The fraction of sp³-hybridized carbons (Fsp3) is 0.211. The van der Waals surface area contributed by atoms with E-state index in [2.05, 4.69) is 19.9 Å². The van der Waals surface area contributed by atoms with Crippen LogP contribution >= 0.6 is 0 Å². The van der Waals surface area contributed by atoms with Crippen LogP contribution in [0.1, 0.15) is 10.5 Å². The molecule has 1 fully saturated rings. The van der Waals surface area contributed by atoms with Gasteiger partial charge in [0.2, 0.25) is 5.95 Å². The summed E-state index contributed by atoms with van der Waals surface area (Å²) in [7, 11) is 0. The van der Waals surface area contributed by atoms with E-state index in [1.54, 1.807) is 29.4 Å². The summed E-state index contributed by atoms with van der Waals surface area (Å²) in [5, 5.41) is 0. The molecule has 27 heavy (non-hydrogen) atoms. The van der Waals surface area contributed by atoms with Crippen molar-refractivity contribution in [3.05, 3.63) is 71.0 Å². The van der Waals surface area contributed by atoms with Gasteiger partial charge in [-0.2, -0.15) is 4.98 Å². The minimum absolute atomic E-state index is 0.208. The first kappa shape index (κ1) is 16.9. The molecule has 0 radical (unpaired) electrons. The van der Waals surface area contributed by atoms with Gasteiger partial charge in [0.1, 0.15) is 5.69 Å². The van der Waals surface area contributed by atoms with Crippen LogP contribution in [0.5, 0.6) is 0 Å². The maximum absolute atomic E-state index is 12.9. The Bertz CT molecular complexity index is 982. The lowest BCUT2D eigenvalue weighted by atomic mass is 10.1. The van der Waals surface area contributed by atoms with Gasteiger partial charge in [0, 0.05) is 44.1 Å².